The molecule has 1 saturated heterocycles. The van der Waals surface area contributed by atoms with Gasteiger partial charge < -0.3 is 14.8 Å². The molecule has 0 bridgehead atoms. The second-order valence-electron chi connectivity index (χ2n) is 4.90. The Morgan fingerprint density at radius 2 is 1.90 bits per heavy atom. The number of benzene rings is 1. The van der Waals surface area contributed by atoms with Gasteiger partial charge in [-0.25, -0.2) is 4.79 Å². The Morgan fingerprint density at radius 3 is 2.50 bits per heavy atom. The number of piperidine rings is 1. The summed E-state index contributed by atoms with van der Waals surface area (Å²) >= 11 is 0. The van der Waals surface area contributed by atoms with Gasteiger partial charge in [0.05, 0.1) is 19.3 Å². The van der Waals surface area contributed by atoms with E-state index in [-0.39, 0.29) is 18.4 Å². The summed E-state index contributed by atoms with van der Waals surface area (Å²) in [6.45, 7) is 3.62. The topological polar surface area (TPSA) is 47.6 Å². The zero-order valence-electron chi connectivity index (χ0n) is 11.8. The van der Waals surface area contributed by atoms with Crippen LogP contribution < -0.4 is 5.32 Å². The van der Waals surface area contributed by atoms with Gasteiger partial charge in [-0.3, -0.25) is 0 Å². The summed E-state index contributed by atoms with van der Waals surface area (Å²) in [5.41, 5.74) is 1.66. The smallest absolute Gasteiger partial charge is 0.337 e. The van der Waals surface area contributed by atoms with Crippen molar-refractivity contribution in [2.24, 2.45) is 5.92 Å². The summed E-state index contributed by atoms with van der Waals surface area (Å²) in [4.78, 5) is 11.3. The van der Waals surface area contributed by atoms with Gasteiger partial charge in [-0.05, 0) is 49.5 Å². The van der Waals surface area contributed by atoms with Crippen LogP contribution in [-0.2, 0) is 16.1 Å². The molecule has 1 heterocycles. The van der Waals surface area contributed by atoms with Crippen LogP contribution in [-0.4, -0.2) is 32.8 Å². The van der Waals surface area contributed by atoms with Crippen molar-refractivity contribution >= 4 is 18.4 Å². The van der Waals surface area contributed by atoms with E-state index >= 15 is 0 Å². The lowest BCUT2D eigenvalue weighted by Crippen LogP contribution is -2.29. The first-order valence-corrected chi connectivity index (χ1v) is 6.75. The van der Waals surface area contributed by atoms with Gasteiger partial charge in [0.2, 0.25) is 0 Å². The van der Waals surface area contributed by atoms with Crippen molar-refractivity contribution in [3.63, 3.8) is 0 Å². The van der Waals surface area contributed by atoms with Crippen molar-refractivity contribution in [3.05, 3.63) is 35.4 Å². The van der Waals surface area contributed by atoms with Gasteiger partial charge in [0.1, 0.15) is 0 Å². The van der Waals surface area contributed by atoms with Gasteiger partial charge >= 0.3 is 5.97 Å². The van der Waals surface area contributed by atoms with Crippen LogP contribution in [0, 0.1) is 5.92 Å². The normalized spacial score (nSPS) is 15.4. The van der Waals surface area contributed by atoms with E-state index < -0.39 is 0 Å². The molecule has 5 heteroatoms. The number of hydrogen-bond donors (Lipinski definition) is 1. The molecule has 4 nitrogen and oxygen atoms in total. The SMILES string of the molecule is COC(=O)c1ccc(COCC2CCNCC2)cc1.Cl. The second-order valence-corrected chi connectivity index (χ2v) is 4.90. The molecule has 1 N–H and O–H groups in total. The summed E-state index contributed by atoms with van der Waals surface area (Å²) in [6.07, 6.45) is 2.39. The highest BCUT2D eigenvalue weighted by molar-refractivity contribution is 5.89. The highest BCUT2D eigenvalue weighted by Crippen LogP contribution is 2.13. The molecule has 1 aliphatic heterocycles. The molecular formula is C15H22ClNO3. The number of carbonyl (C=O) groups excluding carboxylic acids is 1. The van der Waals surface area contributed by atoms with Crippen LogP contribution in [0.15, 0.2) is 24.3 Å². The minimum atomic E-state index is -0.304. The van der Waals surface area contributed by atoms with Gasteiger partial charge in [0, 0.05) is 6.61 Å². The van der Waals surface area contributed by atoms with E-state index in [9.17, 15) is 4.79 Å². The van der Waals surface area contributed by atoms with Gasteiger partial charge in [-0.15, -0.1) is 12.4 Å². The maximum atomic E-state index is 11.3. The molecule has 0 saturated carbocycles. The zero-order chi connectivity index (χ0) is 13.5. The van der Waals surface area contributed by atoms with Crippen LogP contribution in [0.5, 0.6) is 0 Å². The average Bonchev–Trinajstić information content (AvgIpc) is 2.48. The van der Waals surface area contributed by atoms with Crippen molar-refractivity contribution in [1.82, 2.24) is 5.32 Å². The lowest BCUT2D eigenvalue weighted by Gasteiger charge is -2.22. The number of carbonyl (C=O) groups is 1. The van der Waals surface area contributed by atoms with E-state index in [1.54, 1.807) is 12.1 Å². The number of methoxy groups -OCH3 is 1. The fourth-order valence-corrected chi connectivity index (χ4v) is 2.25. The Kier molecular flexibility index (Phi) is 7.59. The van der Waals surface area contributed by atoms with Crippen LogP contribution >= 0.6 is 12.4 Å². The number of halogens is 1. The Balaban J connectivity index is 0.00000200. The Bertz CT molecular complexity index is 402. The summed E-state index contributed by atoms with van der Waals surface area (Å²) in [7, 11) is 1.39. The van der Waals surface area contributed by atoms with E-state index in [1.807, 2.05) is 12.1 Å². The third-order valence-electron chi connectivity index (χ3n) is 3.46. The fraction of sp³-hybridized carbons (Fsp3) is 0.533. The van der Waals surface area contributed by atoms with E-state index in [2.05, 4.69) is 10.1 Å². The van der Waals surface area contributed by atoms with Crippen molar-refractivity contribution in [2.75, 3.05) is 26.8 Å². The minimum absolute atomic E-state index is 0. The van der Waals surface area contributed by atoms with Crippen molar-refractivity contribution in [3.8, 4) is 0 Å². The Hall–Kier alpha value is -1.10. The fourth-order valence-electron chi connectivity index (χ4n) is 2.25. The monoisotopic (exact) mass is 299 g/mol. The molecule has 0 atom stereocenters. The highest BCUT2D eigenvalue weighted by atomic mass is 35.5. The van der Waals surface area contributed by atoms with Crippen LogP contribution in [0.1, 0.15) is 28.8 Å². The molecule has 20 heavy (non-hydrogen) atoms. The predicted octanol–water partition coefficient (Wildman–Crippen LogP) is 2.41. The second kappa shape index (κ2) is 8.95. The van der Waals surface area contributed by atoms with Gasteiger partial charge in [0.25, 0.3) is 0 Å². The molecular weight excluding hydrogens is 278 g/mol. The lowest BCUT2D eigenvalue weighted by molar-refractivity contribution is 0.0600. The minimum Gasteiger partial charge on any atom is -0.465 e. The van der Waals surface area contributed by atoms with E-state index in [1.165, 1.54) is 20.0 Å². The first-order chi connectivity index (χ1) is 9.29. The molecule has 1 aromatic rings. The highest BCUT2D eigenvalue weighted by Gasteiger charge is 2.12. The summed E-state index contributed by atoms with van der Waals surface area (Å²) < 4.78 is 10.4. The number of rotatable bonds is 5. The van der Waals surface area contributed by atoms with Crippen molar-refractivity contribution in [1.29, 1.82) is 0 Å². The van der Waals surface area contributed by atoms with E-state index in [0.717, 1.165) is 25.3 Å². The standard InChI is InChI=1S/C15H21NO3.ClH/c1-18-15(17)14-4-2-12(3-5-14)10-19-11-13-6-8-16-9-7-13;/h2-5,13,16H,6-11H2,1H3;1H. The zero-order valence-corrected chi connectivity index (χ0v) is 12.6. The average molecular weight is 300 g/mol. The van der Waals surface area contributed by atoms with E-state index in [4.69, 9.17) is 4.74 Å². The molecule has 1 fully saturated rings. The third-order valence-corrected chi connectivity index (χ3v) is 3.46. The molecule has 0 spiro atoms. The number of hydrogen-bond acceptors (Lipinski definition) is 4. The number of nitrogens with one attached hydrogen (secondary N) is 1. The van der Waals surface area contributed by atoms with Crippen LogP contribution in [0.3, 0.4) is 0 Å². The van der Waals surface area contributed by atoms with Gasteiger partial charge in [-0.2, -0.15) is 0 Å². The molecule has 0 aliphatic carbocycles. The summed E-state index contributed by atoms with van der Waals surface area (Å²) in [5, 5.41) is 3.35. The predicted molar refractivity (Wildman–Crippen MR) is 80.3 cm³/mol. The molecule has 0 radical (unpaired) electrons. The third kappa shape index (κ3) is 5.12. The molecule has 1 aromatic carbocycles. The van der Waals surface area contributed by atoms with Crippen LogP contribution in [0.25, 0.3) is 0 Å². The number of ether oxygens (including phenoxy) is 2. The Labute approximate surface area is 126 Å². The lowest BCUT2D eigenvalue weighted by atomic mass is 9.99. The Morgan fingerprint density at radius 1 is 1.25 bits per heavy atom. The van der Waals surface area contributed by atoms with Gasteiger partial charge in [0.15, 0.2) is 0 Å². The molecule has 0 aromatic heterocycles. The van der Waals surface area contributed by atoms with Gasteiger partial charge in [-0.1, -0.05) is 12.1 Å². The molecule has 0 amide bonds. The number of esters is 1. The van der Waals surface area contributed by atoms with Crippen LogP contribution in [0.2, 0.25) is 0 Å². The maximum Gasteiger partial charge on any atom is 0.337 e. The first kappa shape index (κ1) is 17.0. The summed E-state index contributed by atoms with van der Waals surface area (Å²) in [6, 6.07) is 7.37. The molecule has 1 aliphatic rings. The summed E-state index contributed by atoms with van der Waals surface area (Å²) in [5.74, 6) is 0.373. The first-order valence-electron chi connectivity index (χ1n) is 6.75. The van der Waals surface area contributed by atoms with Crippen molar-refractivity contribution in [2.45, 2.75) is 19.4 Å². The van der Waals surface area contributed by atoms with Crippen LogP contribution in [0.4, 0.5) is 0 Å². The molecule has 0 unspecified atom stereocenters. The molecule has 2 rings (SSSR count). The quantitative estimate of drug-likeness (QED) is 0.848. The van der Waals surface area contributed by atoms with Crippen molar-refractivity contribution < 1.29 is 14.3 Å². The molecule has 112 valence electrons. The van der Waals surface area contributed by atoms with E-state index in [0.29, 0.717) is 18.1 Å². The largest absolute Gasteiger partial charge is 0.465 e. The maximum absolute atomic E-state index is 11.3.